The molecule has 0 saturated carbocycles. The van der Waals surface area contributed by atoms with E-state index in [1.54, 1.807) is 19.1 Å². The number of benzene rings is 1. The second kappa shape index (κ2) is 4.53. The molecule has 20 heavy (non-hydrogen) atoms. The Morgan fingerprint density at radius 3 is 2.85 bits per heavy atom. The molecule has 1 amide bonds. The molecule has 2 N–H and O–H groups in total. The van der Waals surface area contributed by atoms with Crippen LogP contribution in [-0.2, 0) is 4.79 Å². The van der Waals surface area contributed by atoms with E-state index in [4.69, 9.17) is 5.11 Å². The first-order valence-corrected chi connectivity index (χ1v) is 6.58. The average Bonchev–Trinajstić information content (AvgIpc) is 2.92. The number of amides is 1. The summed E-state index contributed by atoms with van der Waals surface area (Å²) in [6, 6.07) is 7.19. The fraction of sp³-hybridized carbons (Fsp3) is 0.0769. The van der Waals surface area contributed by atoms with E-state index in [0.717, 1.165) is 11.3 Å². The fourth-order valence-corrected chi connectivity index (χ4v) is 2.72. The Hall–Kier alpha value is -2.54. The number of hydrogen-bond donors (Lipinski definition) is 2. The lowest BCUT2D eigenvalue weighted by Gasteiger charge is -1.94. The standard InChI is InChI=1S/C13H9N3O3S/c1-6-10(12(18)19)20-13(14-6)16-9-7-4-2-3-5-8(7)15-11(9)17/h2-5H,1H3,(H,18,19)(H,14,15,16,17). The highest BCUT2D eigenvalue weighted by atomic mass is 32.1. The number of aliphatic imine (C=N–C) groups is 1. The first-order chi connectivity index (χ1) is 9.56. The normalized spacial score (nSPS) is 15.2. The summed E-state index contributed by atoms with van der Waals surface area (Å²) in [6.07, 6.45) is 0. The predicted octanol–water partition coefficient (Wildman–Crippen LogP) is 2.22. The zero-order valence-electron chi connectivity index (χ0n) is 10.4. The molecular weight excluding hydrogens is 278 g/mol. The number of aromatic nitrogens is 1. The smallest absolute Gasteiger partial charge is 0.347 e. The fourth-order valence-electron chi connectivity index (χ4n) is 1.94. The van der Waals surface area contributed by atoms with Gasteiger partial charge in [-0.1, -0.05) is 29.5 Å². The summed E-state index contributed by atoms with van der Waals surface area (Å²) in [5.41, 5.74) is 2.05. The molecule has 0 fully saturated rings. The van der Waals surface area contributed by atoms with Crippen LogP contribution >= 0.6 is 11.3 Å². The molecule has 2 heterocycles. The summed E-state index contributed by atoms with van der Waals surface area (Å²) in [6.45, 7) is 1.60. The number of nitrogens with one attached hydrogen (secondary N) is 1. The van der Waals surface area contributed by atoms with Crippen LogP contribution < -0.4 is 5.32 Å². The Bertz CT molecular complexity index is 764. The maximum atomic E-state index is 11.9. The molecule has 1 aliphatic heterocycles. The molecule has 100 valence electrons. The third-order valence-corrected chi connectivity index (χ3v) is 3.87. The number of carboxylic acids is 1. The number of carbonyl (C=O) groups is 2. The number of carbonyl (C=O) groups excluding carboxylic acids is 1. The highest BCUT2D eigenvalue weighted by molar-refractivity contribution is 7.17. The Balaban J connectivity index is 2.07. The maximum Gasteiger partial charge on any atom is 0.347 e. The molecule has 1 aromatic heterocycles. The third kappa shape index (κ3) is 1.97. The Kier molecular flexibility index (Phi) is 2.83. The number of aryl methyl sites for hydroxylation is 1. The predicted molar refractivity (Wildman–Crippen MR) is 75.1 cm³/mol. The van der Waals surface area contributed by atoms with E-state index in [9.17, 15) is 9.59 Å². The summed E-state index contributed by atoms with van der Waals surface area (Å²) in [5, 5.41) is 12.0. The zero-order valence-corrected chi connectivity index (χ0v) is 11.2. The summed E-state index contributed by atoms with van der Waals surface area (Å²) in [5.74, 6) is -1.35. The van der Waals surface area contributed by atoms with E-state index in [0.29, 0.717) is 16.9 Å². The van der Waals surface area contributed by atoms with Crippen LogP contribution in [-0.4, -0.2) is 27.7 Å². The Morgan fingerprint density at radius 2 is 2.15 bits per heavy atom. The number of anilines is 1. The van der Waals surface area contributed by atoms with Crippen molar-refractivity contribution in [2.75, 3.05) is 5.32 Å². The van der Waals surface area contributed by atoms with Gasteiger partial charge in [0.1, 0.15) is 10.6 Å². The van der Waals surface area contributed by atoms with Gasteiger partial charge in [0.2, 0.25) is 5.13 Å². The number of para-hydroxylation sites is 1. The van der Waals surface area contributed by atoms with Crippen LogP contribution in [0.1, 0.15) is 20.9 Å². The molecule has 1 aromatic carbocycles. The number of carboxylic acid groups (broad SMARTS) is 1. The minimum atomic E-state index is -1.04. The molecule has 6 nitrogen and oxygen atoms in total. The zero-order chi connectivity index (χ0) is 14.3. The molecule has 1 aliphatic rings. The van der Waals surface area contributed by atoms with Crippen LogP contribution in [0.5, 0.6) is 0 Å². The maximum absolute atomic E-state index is 11.9. The van der Waals surface area contributed by atoms with Gasteiger partial charge < -0.3 is 10.4 Å². The molecule has 7 heteroatoms. The van der Waals surface area contributed by atoms with Gasteiger partial charge in [0.25, 0.3) is 5.91 Å². The van der Waals surface area contributed by atoms with Gasteiger partial charge in [0, 0.05) is 5.56 Å². The second-order valence-electron chi connectivity index (χ2n) is 4.18. The van der Waals surface area contributed by atoms with Crippen molar-refractivity contribution >= 4 is 39.7 Å². The lowest BCUT2D eigenvalue weighted by Crippen LogP contribution is -2.13. The number of rotatable bonds is 2. The van der Waals surface area contributed by atoms with Crippen molar-refractivity contribution in [1.82, 2.24) is 4.98 Å². The number of fused-ring (bicyclic) bond motifs is 1. The third-order valence-electron chi connectivity index (χ3n) is 2.83. The molecule has 0 spiro atoms. The molecule has 0 saturated heterocycles. The minimum absolute atomic E-state index is 0.135. The lowest BCUT2D eigenvalue weighted by atomic mass is 10.1. The largest absolute Gasteiger partial charge is 0.477 e. The van der Waals surface area contributed by atoms with Gasteiger partial charge in [-0.05, 0) is 13.0 Å². The Labute approximate surface area is 117 Å². The van der Waals surface area contributed by atoms with E-state index >= 15 is 0 Å². The van der Waals surface area contributed by atoms with Crippen molar-refractivity contribution in [3.8, 4) is 0 Å². The number of aromatic carboxylic acids is 1. The van der Waals surface area contributed by atoms with Crippen LogP contribution in [0.2, 0.25) is 0 Å². The van der Waals surface area contributed by atoms with Crippen molar-refractivity contribution in [3.63, 3.8) is 0 Å². The molecule has 0 aliphatic carbocycles. The highest BCUT2D eigenvalue weighted by Gasteiger charge is 2.26. The van der Waals surface area contributed by atoms with Gasteiger partial charge in [-0.25, -0.2) is 14.8 Å². The quantitative estimate of drug-likeness (QED) is 0.886. The number of hydrogen-bond acceptors (Lipinski definition) is 5. The van der Waals surface area contributed by atoms with Crippen LogP contribution in [0.25, 0.3) is 0 Å². The van der Waals surface area contributed by atoms with Gasteiger partial charge in [0.05, 0.1) is 11.4 Å². The molecule has 0 bridgehead atoms. The summed E-state index contributed by atoms with van der Waals surface area (Å²) < 4.78 is 0. The average molecular weight is 287 g/mol. The molecule has 0 unspecified atom stereocenters. The molecule has 2 aromatic rings. The van der Waals surface area contributed by atoms with Gasteiger partial charge in [-0.2, -0.15) is 0 Å². The summed E-state index contributed by atoms with van der Waals surface area (Å²) in [7, 11) is 0. The monoisotopic (exact) mass is 287 g/mol. The first kappa shape index (κ1) is 12.5. The lowest BCUT2D eigenvalue weighted by molar-refractivity contribution is -0.110. The number of thiazole rings is 1. The molecule has 3 rings (SSSR count). The van der Waals surface area contributed by atoms with Crippen molar-refractivity contribution in [3.05, 3.63) is 40.4 Å². The molecule has 0 radical (unpaired) electrons. The Morgan fingerprint density at radius 1 is 1.40 bits per heavy atom. The molecular formula is C13H9N3O3S. The number of nitrogens with zero attached hydrogens (tertiary/aromatic N) is 2. The van der Waals surface area contributed by atoms with Crippen LogP contribution in [0.3, 0.4) is 0 Å². The van der Waals surface area contributed by atoms with Crippen LogP contribution in [0.4, 0.5) is 10.8 Å². The van der Waals surface area contributed by atoms with E-state index < -0.39 is 5.97 Å². The summed E-state index contributed by atoms with van der Waals surface area (Å²) >= 11 is 0.953. The van der Waals surface area contributed by atoms with E-state index in [2.05, 4.69) is 15.3 Å². The second-order valence-corrected chi connectivity index (χ2v) is 5.15. The van der Waals surface area contributed by atoms with E-state index in [1.807, 2.05) is 12.1 Å². The van der Waals surface area contributed by atoms with Gasteiger partial charge in [-0.3, -0.25) is 4.79 Å². The highest BCUT2D eigenvalue weighted by Crippen LogP contribution is 2.29. The van der Waals surface area contributed by atoms with Gasteiger partial charge in [0.15, 0.2) is 0 Å². The van der Waals surface area contributed by atoms with Crippen LogP contribution in [0.15, 0.2) is 29.3 Å². The van der Waals surface area contributed by atoms with Crippen molar-refractivity contribution in [2.45, 2.75) is 6.92 Å². The minimum Gasteiger partial charge on any atom is -0.477 e. The summed E-state index contributed by atoms with van der Waals surface area (Å²) in [4.78, 5) is 31.3. The molecule has 0 atom stereocenters. The van der Waals surface area contributed by atoms with E-state index in [1.165, 1.54) is 0 Å². The van der Waals surface area contributed by atoms with Crippen molar-refractivity contribution in [1.29, 1.82) is 0 Å². The van der Waals surface area contributed by atoms with Crippen molar-refractivity contribution in [2.24, 2.45) is 4.99 Å². The SMILES string of the molecule is Cc1nc(N=C2C(=O)Nc3ccccc32)sc1C(=O)O. The van der Waals surface area contributed by atoms with Crippen molar-refractivity contribution < 1.29 is 14.7 Å². The first-order valence-electron chi connectivity index (χ1n) is 5.76. The van der Waals surface area contributed by atoms with Gasteiger partial charge in [-0.15, -0.1) is 0 Å². The van der Waals surface area contributed by atoms with Gasteiger partial charge >= 0.3 is 5.97 Å². The topological polar surface area (TPSA) is 91.7 Å². The van der Waals surface area contributed by atoms with Crippen LogP contribution in [0, 0.1) is 6.92 Å². The van der Waals surface area contributed by atoms with E-state index in [-0.39, 0.29) is 21.6 Å².